The number of hydrogen-bond acceptors (Lipinski definition) is 4. The molecule has 0 N–H and O–H groups in total. The van der Waals surface area contributed by atoms with Crippen LogP contribution in [0.5, 0.6) is 5.75 Å². The van der Waals surface area contributed by atoms with Gasteiger partial charge < -0.3 is 4.74 Å². The molecule has 1 aliphatic carbocycles. The molecule has 2 rings (SSSR count). The Balaban J connectivity index is 2.01. The molecule has 1 aliphatic rings. The molecule has 0 aromatic heterocycles. The second-order valence-corrected chi connectivity index (χ2v) is 6.90. The van der Waals surface area contributed by atoms with E-state index in [0.717, 1.165) is 29.3 Å². The van der Waals surface area contributed by atoms with Crippen molar-refractivity contribution in [2.75, 3.05) is 6.26 Å². The summed E-state index contributed by atoms with van der Waals surface area (Å²) in [5, 5.41) is 0. The molecular weight excluding hydrogens is 320 g/mol. The monoisotopic (exact) mass is 334 g/mol. The van der Waals surface area contributed by atoms with E-state index < -0.39 is 10.1 Å². The molecule has 0 aliphatic heterocycles. The maximum atomic E-state index is 11.1. The van der Waals surface area contributed by atoms with Gasteiger partial charge in [-0.3, -0.25) is 4.18 Å². The van der Waals surface area contributed by atoms with Gasteiger partial charge in [0.15, 0.2) is 0 Å². The Morgan fingerprint density at radius 2 is 1.78 bits per heavy atom. The highest BCUT2D eigenvalue weighted by Crippen LogP contribution is 2.28. The summed E-state index contributed by atoms with van der Waals surface area (Å²) in [6, 6.07) is 7.47. The molecule has 0 unspecified atom stereocenters. The van der Waals surface area contributed by atoms with Crippen molar-refractivity contribution in [2.24, 2.45) is 0 Å². The molecule has 1 aromatic rings. The van der Waals surface area contributed by atoms with E-state index in [1.807, 2.05) is 24.3 Å². The lowest BCUT2D eigenvalue weighted by molar-refractivity contribution is 0.0832. The summed E-state index contributed by atoms with van der Waals surface area (Å²) in [6.07, 6.45) is 2.96. The largest absolute Gasteiger partial charge is 0.488 e. The van der Waals surface area contributed by atoms with Gasteiger partial charge in [0.1, 0.15) is 18.0 Å². The Morgan fingerprint density at radius 3 is 2.39 bits per heavy atom. The molecular formula is C12H15BrO4S. The van der Waals surface area contributed by atoms with E-state index in [1.165, 1.54) is 0 Å². The van der Waals surface area contributed by atoms with Gasteiger partial charge in [-0.2, -0.15) is 8.42 Å². The van der Waals surface area contributed by atoms with E-state index in [0.29, 0.717) is 6.42 Å². The van der Waals surface area contributed by atoms with Crippen LogP contribution in [0.15, 0.2) is 28.7 Å². The van der Waals surface area contributed by atoms with Gasteiger partial charge in [-0.05, 0) is 43.5 Å². The van der Waals surface area contributed by atoms with Gasteiger partial charge in [-0.25, -0.2) is 0 Å². The van der Waals surface area contributed by atoms with Gasteiger partial charge in [-0.15, -0.1) is 0 Å². The molecule has 2 atom stereocenters. The van der Waals surface area contributed by atoms with E-state index in [9.17, 15) is 8.42 Å². The maximum absolute atomic E-state index is 11.1. The third-order valence-electron chi connectivity index (χ3n) is 2.79. The minimum absolute atomic E-state index is 0.194. The van der Waals surface area contributed by atoms with E-state index in [2.05, 4.69) is 15.9 Å². The van der Waals surface area contributed by atoms with Crippen LogP contribution in [0.3, 0.4) is 0 Å². The summed E-state index contributed by atoms with van der Waals surface area (Å²) in [7, 11) is -3.43. The number of benzene rings is 1. The smallest absolute Gasteiger partial charge is 0.264 e. The Morgan fingerprint density at radius 1 is 1.17 bits per heavy atom. The molecule has 0 heterocycles. The number of hydrogen-bond donors (Lipinski definition) is 0. The molecule has 4 nitrogen and oxygen atoms in total. The third kappa shape index (κ3) is 3.96. The molecule has 18 heavy (non-hydrogen) atoms. The van der Waals surface area contributed by atoms with Gasteiger partial charge in [0.25, 0.3) is 10.1 Å². The van der Waals surface area contributed by atoms with Crippen LogP contribution in [0, 0.1) is 0 Å². The Hall–Kier alpha value is -0.590. The summed E-state index contributed by atoms with van der Waals surface area (Å²) in [4.78, 5) is 0. The third-order valence-corrected chi connectivity index (χ3v) is 3.92. The predicted octanol–water partition coefficient (Wildman–Crippen LogP) is 2.73. The van der Waals surface area contributed by atoms with Crippen molar-refractivity contribution in [3.05, 3.63) is 28.7 Å². The van der Waals surface area contributed by atoms with Crippen molar-refractivity contribution in [3.63, 3.8) is 0 Å². The predicted molar refractivity (Wildman–Crippen MR) is 72.1 cm³/mol. The van der Waals surface area contributed by atoms with Crippen LogP contribution < -0.4 is 4.74 Å². The SMILES string of the molecule is CS(=O)(=O)O[C@@H]1CCC[C@H]1Oc1ccc(Br)cc1. The molecule has 0 saturated heterocycles. The summed E-state index contributed by atoms with van der Waals surface area (Å²) in [6.45, 7) is 0. The zero-order valence-corrected chi connectivity index (χ0v) is 12.4. The van der Waals surface area contributed by atoms with Gasteiger partial charge in [-0.1, -0.05) is 15.9 Å². The highest BCUT2D eigenvalue weighted by atomic mass is 79.9. The van der Waals surface area contributed by atoms with Crippen LogP contribution >= 0.6 is 15.9 Å². The number of rotatable bonds is 4. The zero-order chi connectivity index (χ0) is 13.2. The fraction of sp³-hybridized carbons (Fsp3) is 0.500. The van der Waals surface area contributed by atoms with Gasteiger partial charge in [0.2, 0.25) is 0 Å². The van der Waals surface area contributed by atoms with Crippen LogP contribution in [-0.4, -0.2) is 26.9 Å². The number of halogens is 1. The average Bonchev–Trinajstić information content (AvgIpc) is 2.67. The van der Waals surface area contributed by atoms with E-state index in [-0.39, 0.29) is 12.2 Å². The molecule has 1 aromatic carbocycles. The molecule has 1 saturated carbocycles. The standard InChI is InChI=1S/C12H15BrO4S/c1-18(14,15)17-12-4-2-3-11(12)16-10-7-5-9(13)6-8-10/h5-8,11-12H,2-4H2,1H3/t11-,12-/m1/s1. The summed E-state index contributed by atoms with van der Waals surface area (Å²) in [5.74, 6) is 0.729. The first kappa shape index (κ1) is 13.8. The molecule has 0 amide bonds. The van der Waals surface area contributed by atoms with Crippen molar-refractivity contribution < 1.29 is 17.3 Å². The first-order chi connectivity index (χ1) is 8.44. The van der Waals surface area contributed by atoms with Gasteiger partial charge in [0.05, 0.1) is 6.26 Å². The first-order valence-electron chi connectivity index (χ1n) is 5.74. The van der Waals surface area contributed by atoms with E-state index in [1.54, 1.807) is 0 Å². The lowest BCUT2D eigenvalue weighted by Gasteiger charge is -2.20. The summed E-state index contributed by atoms with van der Waals surface area (Å²) in [5.41, 5.74) is 0. The van der Waals surface area contributed by atoms with Crippen molar-refractivity contribution in [2.45, 2.75) is 31.5 Å². The first-order valence-corrected chi connectivity index (χ1v) is 8.35. The highest BCUT2D eigenvalue weighted by Gasteiger charge is 2.32. The fourth-order valence-electron chi connectivity index (χ4n) is 2.05. The highest BCUT2D eigenvalue weighted by molar-refractivity contribution is 9.10. The van der Waals surface area contributed by atoms with E-state index in [4.69, 9.17) is 8.92 Å². The van der Waals surface area contributed by atoms with Gasteiger partial charge >= 0.3 is 0 Å². The summed E-state index contributed by atoms with van der Waals surface area (Å²) >= 11 is 3.35. The Labute approximate surface area is 116 Å². The van der Waals surface area contributed by atoms with Crippen LogP contribution in [0.1, 0.15) is 19.3 Å². The van der Waals surface area contributed by atoms with Crippen LogP contribution in [-0.2, 0) is 14.3 Å². The minimum Gasteiger partial charge on any atom is -0.488 e. The van der Waals surface area contributed by atoms with Crippen molar-refractivity contribution in [1.29, 1.82) is 0 Å². The lowest BCUT2D eigenvalue weighted by atomic mass is 10.2. The topological polar surface area (TPSA) is 52.6 Å². The molecule has 6 heteroatoms. The molecule has 100 valence electrons. The Bertz CT molecular complexity index is 497. The van der Waals surface area contributed by atoms with E-state index >= 15 is 0 Å². The van der Waals surface area contributed by atoms with Crippen molar-refractivity contribution >= 4 is 26.0 Å². The molecule has 1 fully saturated rings. The average molecular weight is 335 g/mol. The second kappa shape index (κ2) is 5.59. The summed E-state index contributed by atoms with van der Waals surface area (Å²) < 4.78 is 34.1. The minimum atomic E-state index is -3.43. The quantitative estimate of drug-likeness (QED) is 0.794. The fourth-order valence-corrected chi connectivity index (χ4v) is 2.98. The zero-order valence-electron chi connectivity index (χ0n) is 10.0. The molecule has 0 bridgehead atoms. The molecule has 0 spiro atoms. The van der Waals surface area contributed by atoms with Crippen LogP contribution in [0.25, 0.3) is 0 Å². The van der Waals surface area contributed by atoms with Crippen LogP contribution in [0.2, 0.25) is 0 Å². The normalized spacial score (nSPS) is 24.1. The second-order valence-electron chi connectivity index (χ2n) is 4.38. The molecule has 0 radical (unpaired) electrons. The number of ether oxygens (including phenoxy) is 1. The van der Waals surface area contributed by atoms with Crippen molar-refractivity contribution in [1.82, 2.24) is 0 Å². The Kier molecular flexibility index (Phi) is 4.29. The van der Waals surface area contributed by atoms with Gasteiger partial charge in [0, 0.05) is 4.47 Å². The van der Waals surface area contributed by atoms with Crippen LogP contribution in [0.4, 0.5) is 0 Å². The maximum Gasteiger partial charge on any atom is 0.264 e. The lowest BCUT2D eigenvalue weighted by Crippen LogP contribution is -2.30. The van der Waals surface area contributed by atoms with Crippen molar-refractivity contribution in [3.8, 4) is 5.75 Å².